The molecule has 8 heteroatoms. The van der Waals surface area contributed by atoms with E-state index in [1.807, 2.05) is 85.8 Å². The smallest absolute Gasteiger partial charge is 0.234 e. The Bertz CT molecular complexity index is 1440. The maximum atomic E-state index is 12.8. The molecule has 0 bridgehead atoms. The number of aryl methyl sites for hydroxylation is 1. The fraction of sp³-hybridized carbons (Fsp3) is 0.258. The first-order valence-electron chi connectivity index (χ1n) is 13.3. The molecule has 2 N–H and O–H groups in total. The number of benzene rings is 3. The van der Waals surface area contributed by atoms with Crippen LogP contribution in [0.1, 0.15) is 37.7 Å². The molecular weight excluding hydrogens is 506 g/mol. The third kappa shape index (κ3) is 6.89. The van der Waals surface area contributed by atoms with Gasteiger partial charge < -0.3 is 10.6 Å². The van der Waals surface area contributed by atoms with Gasteiger partial charge in [0.05, 0.1) is 5.75 Å². The first kappa shape index (κ1) is 26.6. The molecule has 4 aromatic rings. The van der Waals surface area contributed by atoms with Gasteiger partial charge in [-0.05, 0) is 37.5 Å². The minimum Gasteiger partial charge on any atom is -0.326 e. The number of hydrogen-bond donors (Lipinski definition) is 2. The zero-order chi connectivity index (χ0) is 27.0. The van der Waals surface area contributed by atoms with Gasteiger partial charge in [0, 0.05) is 28.4 Å². The van der Waals surface area contributed by atoms with Gasteiger partial charge in [0.1, 0.15) is 11.4 Å². The summed E-state index contributed by atoms with van der Waals surface area (Å²) in [7, 11) is 0. The number of nitrogens with zero attached hydrogens (tertiary/aromatic N) is 3. The molecular formula is C31H31N5O2S. The van der Waals surface area contributed by atoms with Gasteiger partial charge in [-0.15, -0.1) is 10.2 Å². The van der Waals surface area contributed by atoms with Gasteiger partial charge in [-0.25, -0.2) is 4.98 Å². The zero-order valence-corrected chi connectivity index (χ0v) is 22.7. The Hall–Kier alpha value is -4.04. The average molecular weight is 538 g/mol. The molecule has 2 amide bonds. The Balaban J connectivity index is 1.25. The molecule has 0 spiro atoms. The Morgan fingerprint density at radius 1 is 0.821 bits per heavy atom. The largest absolute Gasteiger partial charge is 0.326 e. The molecule has 1 fully saturated rings. The summed E-state index contributed by atoms with van der Waals surface area (Å²) in [4.78, 5) is 30.3. The van der Waals surface area contributed by atoms with Crippen LogP contribution in [0.3, 0.4) is 0 Å². The van der Waals surface area contributed by atoms with Gasteiger partial charge in [0.15, 0.2) is 0 Å². The number of anilines is 2. The molecule has 1 heterocycles. The van der Waals surface area contributed by atoms with Crippen molar-refractivity contribution in [2.24, 2.45) is 5.92 Å². The third-order valence-corrected chi connectivity index (χ3v) is 7.69. The lowest BCUT2D eigenvalue weighted by Gasteiger charge is -2.21. The van der Waals surface area contributed by atoms with Crippen LogP contribution in [0.25, 0.3) is 22.5 Å². The number of rotatable bonds is 8. The van der Waals surface area contributed by atoms with Crippen LogP contribution in [-0.2, 0) is 9.59 Å². The van der Waals surface area contributed by atoms with Crippen LogP contribution in [0.2, 0.25) is 0 Å². The van der Waals surface area contributed by atoms with Crippen molar-refractivity contribution in [1.29, 1.82) is 0 Å². The van der Waals surface area contributed by atoms with Crippen molar-refractivity contribution in [3.63, 3.8) is 0 Å². The SMILES string of the molecule is Cc1ccc(NC(=O)CSc2nnc(-c3ccccc3)c(-c3ccccc3)n2)cc1NC(=O)C1CCCCC1. The summed E-state index contributed by atoms with van der Waals surface area (Å²) in [6.07, 6.45) is 5.29. The summed E-state index contributed by atoms with van der Waals surface area (Å²) in [5.74, 6) is 0.0635. The highest BCUT2D eigenvalue weighted by molar-refractivity contribution is 7.99. The van der Waals surface area contributed by atoms with Gasteiger partial charge in [-0.3, -0.25) is 9.59 Å². The number of thioether (sulfide) groups is 1. The van der Waals surface area contributed by atoms with Crippen molar-refractivity contribution < 1.29 is 9.59 Å². The van der Waals surface area contributed by atoms with Crippen LogP contribution in [0.15, 0.2) is 84.0 Å². The van der Waals surface area contributed by atoms with E-state index in [2.05, 4.69) is 20.8 Å². The van der Waals surface area contributed by atoms with Crippen molar-refractivity contribution in [1.82, 2.24) is 15.2 Å². The quantitative estimate of drug-likeness (QED) is 0.241. The van der Waals surface area contributed by atoms with Gasteiger partial charge in [0.25, 0.3) is 0 Å². The number of amides is 2. The van der Waals surface area contributed by atoms with Crippen LogP contribution in [0.5, 0.6) is 0 Å². The highest BCUT2D eigenvalue weighted by atomic mass is 32.2. The normalized spacial score (nSPS) is 13.6. The molecule has 0 saturated heterocycles. The topological polar surface area (TPSA) is 96.9 Å². The van der Waals surface area contributed by atoms with E-state index in [-0.39, 0.29) is 23.5 Å². The maximum Gasteiger partial charge on any atom is 0.234 e. The average Bonchev–Trinajstić information content (AvgIpc) is 2.99. The minimum absolute atomic E-state index is 0.0645. The van der Waals surface area contributed by atoms with Crippen molar-refractivity contribution in [3.8, 4) is 22.5 Å². The summed E-state index contributed by atoms with van der Waals surface area (Å²) in [6.45, 7) is 1.95. The number of nitrogens with one attached hydrogen (secondary N) is 2. The molecule has 1 saturated carbocycles. The predicted octanol–water partition coefficient (Wildman–Crippen LogP) is 6.76. The van der Waals surface area contributed by atoms with Crippen LogP contribution in [0.4, 0.5) is 11.4 Å². The number of carbonyl (C=O) groups excluding carboxylic acids is 2. The second-order valence-corrected chi connectivity index (χ2v) is 10.7. The van der Waals surface area contributed by atoms with Gasteiger partial charge in [-0.1, -0.05) is 97.8 Å². The molecule has 0 unspecified atom stereocenters. The zero-order valence-electron chi connectivity index (χ0n) is 21.9. The highest BCUT2D eigenvalue weighted by Crippen LogP contribution is 2.30. The molecule has 5 rings (SSSR count). The maximum absolute atomic E-state index is 12.8. The van der Waals surface area contributed by atoms with Crippen molar-refractivity contribution in [2.45, 2.75) is 44.2 Å². The Kier molecular flexibility index (Phi) is 8.63. The molecule has 39 heavy (non-hydrogen) atoms. The number of carbonyl (C=O) groups is 2. The van der Waals surface area contributed by atoms with E-state index < -0.39 is 0 Å². The first-order chi connectivity index (χ1) is 19.1. The Morgan fingerprint density at radius 3 is 2.18 bits per heavy atom. The summed E-state index contributed by atoms with van der Waals surface area (Å²) < 4.78 is 0. The molecule has 3 aromatic carbocycles. The van der Waals surface area contributed by atoms with Gasteiger partial charge >= 0.3 is 0 Å². The predicted molar refractivity (Wildman–Crippen MR) is 156 cm³/mol. The summed E-state index contributed by atoms with van der Waals surface area (Å²) >= 11 is 1.23. The summed E-state index contributed by atoms with van der Waals surface area (Å²) in [6, 6.07) is 25.2. The van der Waals surface area contributed by atoms with E-state index in [1.54, 1.807) is 0 Å². The standard InChI is InChI=1S/C31H31N5O2S/c1-21-17-18-25(19-26(21)33-30(38)24-15-9-4-10-16-24)32-27(37)20-39-31-34-28(22-11-5-2-6-12-22)29(35-36-31)23-13-7-3-8-14-23/h2-3,5-8,11-14,17-19,24H,4,9-10,15-16,20H2,1H3,(H,32,37)(H,33,38). The monoisotopic (exact) mass is 537 g/mol. The van der Waals surface area contributed by atoms with E-state index in [4.69, 9.17) is 4.98 Å². The molecule has 0 atom stereocenters. The van der Waals surface area contributed by atoms with E-state index in [9.17, 15) is 9.59 Å². The lowest BCUT2D eigenvalue weighted by molar-refractivity contribution is -0.120. The fourth-order valence-electron chi connectivity index (χ4n) is 4.72. The minimum atomic E-state index is -0.189. The second-order valence-electron chi connectivity index (χ2n) is 9.71. The van der Waals surface area contributed by atoms with Crippen LogP contribution in [0, 0.1) is 12.8 Å². The van der Waals surface area contributed by atoms with Crippen molar-refractivity contribution in [2.75, 3.05) is 16.4 Å². The van der Waals surface area contributed by atoms with E-state index in [0.29, 0.717) is 16.5 Å². The summed E-state index contributed by atoms with van der Waals surface area (Å²) in [5.41, 5.74) is 5.59. The highest BCUT2D eigenvalue weighted by Gasteiger charge is 2.22. The summed E-state index contributed by atoms with van der Waals surface area (Å²) in [5, 5.41) is 15.2. The van der Waals surface area contributed by atoms with Gasteiger partial charge in [-0.2, -0.15) is 0 Å². The van der Waals surface area contributed by atoms with Gasteiger partial charge in [0.2, 0.25) is 17.0 Å². The molecule has 7 nitrogen and oxygen atoms in total. The Labute approximate surface area is 232 Å². The molecule has 1 aliphatic carbocycles. The van der Waals surface area contributed by atoms with Crippen molar-refractivity contribution in [3.05, 3.63) is 84.4 Å². The fourth-order valence-corrected chi connectivity index (χ4v) is 5.31. The number of aromatic nitrogens is 3. The lowest BCUT2D eigenvalue weighted by Crippen LogP contribution is -2.25. The van der Waals surface area contributed by atoms with Crippen LogP contribution < -0.4 is 10.6 Å². The molecule has 0 radical (unpaired) electrons. The lowest BCUT2D eigenvalue weighted by atomic mass is 9.88. The molecule has 198 valence electrons. The molecule has 1 aliphatic rings. The van der Waals surface area contributed by atoms with Crippen LogP contribution >= 0.6 is 11.8 Å². The van der Waals surface area contributed by atoms with E-state index >= 15 is 0 Å². The van der Waals surface area contributed by atoms with E-state index in [1.165, 1.54) is 18.2 Å². The van der Waals surface area contributed by atoms with Crippen LogP contribution in [-0.4, -0.2) is 32.7 Å². The third-order valence-electron chi connectivity index (χ3n) is 6.85. The Morgan fingerprint density at radius 2 is 1.49 bits per heavy atom. The first-order valence-corrected chi connectivity index (χ1v) is 14.2. The van der Waals surface area contributed by atoms with E-state index in [0.717, 1.165) is 53.8 Å². The number of hydrogen-bond acceptors (Lipinski definition) is 6. The second kappa shape index (κ2) is 12.7. The molecule has 1 aromatic heterocycles. The van der Waals surface area contributed by atoms with Crippen molar-refractivity contribution >= 4 is 35.0 Å². The molecule has 0 aliphatic heterocycles.